The summed E-state index contributed by atoms with van der Waals surface area (Å²) in [7, 11) is 1.98. The van der Waals surface area contributed by atoms with Gasteiger partial charge in [0, 0.05) is 18.6 Å². The number of nitrogens with two attached hydrogens (primary N) is 1. The highest BCUT2D eigenvalue weighted by Crippen LogP contribution is 2.37. The van der Waals surface area contributed by atoms with Crippen LogP contribution in [0.1, 0.15) is 0 Å². The van der Waals surface area contributed by atoms with Gasteiger partial charge in [0.2, 0.25) is 0 Å². The van der Waals surface area contributed by atoms with Gasteiger partial charge in [0.15, 0.2) is 6.29 Å². The molecule has 3 rings (SSSR count). The highest BCUT2D eigenvalue weighted by atomic mass is 15.4. The van der Waals surface area contributed by atoms with E-state index in [1.807, 2.05) is 30.1 Å². The minimum atomic E-state index is -0.147. The van der Waals surface area contributed by atoms with Gasteiger partial charge in [-0.05, 0) is 24.3 Å². The Morgan fingerprint density at radius 1 is 1.40 bits per heavy atom. The van der Waals surface area contributed by atoms with E-state index in [1.54, 1.807) is 6.20 Å². The molecular formula is C11H12N4. The zero-order valence-corrected chi connectivity index (χ0v) is 8.44. The second kappa shape index (κ2) is 2.84. The molecule has 0 radical (unpaired) electrons. The van der Waals surface area contributed by atoms with E-state index in [-0.39, 0.29) is 6.29 Å². The van der Waals surface area contributed by atoms with Crippen molar-refractivity contribution in [1.29, 1.82) is 0 Å². The van der Waals surface area contributed by atoms with Gasteiger partial charge in [-0.25, -0.2) is 0 Å². The molecule has 4 heteroatoms. The molecule has 15 heavy (non-hydrogen) atoms. The Balaban J connectivity index is 2.35. The number of nitrogens with zero attached hydrogens (tertiary/aromatic N) is 2. The molecule has 0 unspecified atom stereocenters. The van der Waals surface area contributed by atoms with Crippen molar-refractivity contribution in [3.63, 3.8) is 0 Å². The van der Waals surface area contributed by atoms with Crippen molar-refractivity contribution in [2.45, 2.75) is 6.29 Å². The average molecular weight is 200 g/mol. The van der Waals surface area contributed by atoms with E-state index in [2.05, 4.69) is 16.4 Å². The van der Waals surface area contributed by atoms with Crippen LogP contribution >= 0.6 is 0 Å². The van der Waals surface area contributed by atoms with Crippen LogP contribution in [-0.4, -0.2) is 18.3 Å². The smallest absolute Gasteiger partial charge is 0.152 e. The molecule has 0 spiro atoms. The van der Waals surface area contributed by atoms with Crippen LogP contribution in [-0.2, 0) is 0 Å². The van der Waals surface area contributed by atoms with Crippen LogP contribution in [0.5, 0.6) is 0 Å². The van der Waals surface area contributed by atoms with Crippen LogP contribution in [0.3, 0.4) is 0 Å². The van der Waals surface area contributed by atoms with Crippen LogP contribution in [0.25, 0.3) is 10.9 Å². The standard InChI is InChI=1S/C11H12N4/c1-15-10-7-3-2-6-13-8(7)4-5-9(10)14-11(15)12/h2-6,11,14H,12H2,1H3/t11-/m1/s1. The number of anilines is 2. The largest absolute Gasteiger partial charge is 0.351 e. The molecule has 1 atom stereocenters. The maximum atomic E-state index is 5.91. The molecule has 76 valence electrons. The summed E-state index contributed by atoms with van der Waals surface area (Å²) in [6.07, 6.45) is 1.66. The predicted octanol–water partition coefficient (Wildman–Crippen LogP) is 1.34. The van der Waals surface area contributed by atoms with Gasteiger partial charge in [0.25, 0.3) is 0 Å². The second-order valence-electron chi connectivity index (χ2n) is 3.73. The summed E-state index contributed by atoms with van der Waals surface area (Å²) in [5.74, 6) is 0. The van der Waals surface area contributed by atoms with E-state index in [0.29, 0.717) is 0 Å². The Kier molecular flexibility index (Phi) is 1.61. The lowest BCUT2D eigenvalue weighted by atomic mass is 10.1. The zero-order valence-electron chi connectivity index (χ0n) is 8.44. The molecular weight excluding hydrogens is 188 g/mol. The number of rotatable bonds is 0. The highest BCUT2D eigenvalue weighted by Gasteiger charge is 2.24. The van der Waals surface area contributed by atoms with E-state index in [4.69, 9.17) is 5.73 Å². The average Bonchev–Trinajstić information content (AvgIpc) is 2.55. The van der Waals surface area contributed by atoms with Crippen molar-refractivity contribution >= 4 is 22.3 Å². The highest BCUT2D eigenvalue weighted by molar-refractivity contribution is 6.00. The third-order valence-corrected chi connectivity index (χ3v) is 2.83. The molecule has 2 heterocycles. The summed E-state index contributed by atoms with van der Waals surface area (Å²) in [5.41, 5.74) is 9.12. The maximum Gasteiger partial charge on any atom is 0.152 e. The fraction of sp³-hybridized carbons (Fsp3) is 0.182. The third-order valence-electron chi connectivity index (χ3n) is 2.83. The minimum Gasteiger partial charge on any atom is -0.351 e. The van der Waals surface area contributed by atoms with Crippen molar-refractivity contribution in [3.8, 4) is 0 Å². The van der Waals surface area contributed by atoms with Crippen molar-refractivity contribution in [1.82, 2.24) is 4.98 Å². The molecule has 0 saturated heterocycles. The van der Waals surface area contributed by atoms with E-state index >= 15 is 0 Å². The van der Waals surface area contributed by atoms with Crippen molar-refractivity contribution in [3.05, 3.63) is 30.5 Å². The number of nitrogens with one attached hydrogen (secondary N) is 1. The molecule has 2 aromatic rings. The number of pyridine rings is 1. The van der Waals surface area contributed by atoms with Gasteiger partial charge in [0.1, 0.15) is 0 Å². The van der Waals surface area contributed by atoms with Crippen LogP contribution in [0, 0.1) is 0 Å². The monoisotopic (exact) mass is 200 g/mol. The molecule has 3 N–H and O–H groups in total. The van der Waals surface area contributed by atoms with Crippen LogP contribution in [0.4, 0.5) is 11.4 Å². The van der Waals surface area contributed by atoms with Gasteiger partial charge in [-0.2, -0.15) is 0 Å². The SMILES string of the molecule is CN1c2c(ccc3ncccc23)N[C@H]1N. The van der Waals surface area contributed by atoms with Gasteiger partial charge < -0.3 is 10.2 Å². The first-order valence-electron chi connectivity index (χ1n) is 4.90. The molecule has 0 amide bonds. The number of hydrogen-bond acceptors (Lipinski definition) is 4. The topological polar surface area (TPSA) is 54.2 Å². The molecule has 4 nitrogen and oxygen atoms in total. The Morgan fingerprint density at radius 2 is 2.27 bits per heavy atom. The number of hydrogen-bond donors (Lipinski definition) is 2. The quantitative estimate of drug-likeness (QED) is 0.673. The number of aromatic nitrogens is 1. The Morgan fingerprint density at radius 3 is 3.13 bits per heavy atom. The Hall–Kier alpha value is -1.81. The van der Waals surface area contributed by atoms with Crippen LogP contribution in [0.15, 0.2) is 30.5 Å². The lowest BCUT2D eigenvalue weighted by Gasteiger charge is -2.18. The number of fused-ring (bicyclic) bond motifs is 3. The van der Waals surface area contributed by atoms with Gasteiger partial charge in [0.05, 0.1) is 16.9 Å². The van der Waals surface area contributed by atoms with Gasteiger partial charge in [-0.1, -0.05) is 0 Å². The first-order chi connectivity index (χ1) is 7.27. The fourth-order valence-electron chi connectivity index (χ4n) is 2.03. The fourth-order valence-corrected chi connectivity index (χ4v) is 2.03. The van der Waals surface area contributed by atoms with Gasteiger partial charge in [-0.3, -0.25) is 10.7 Å². The number of benzene rings is 1. The summed E-state index contributed by atoms with van der Waals surface area (Å²) in [4.78, 5) is 6.35. The summed E-state index contributed by atoms with van der Waals surface area (Å²) in [6, 6.07) is 8.04. The molecule has 1 aromatic heterocycles. The van der Waals surface area contributed by atoms with Crippen molar-refractivity contribution < 1.29 is 0 Å². The third kappa shape index (κ3) is 1.08. The van der Waals surface area contributed by atoms with Crippen LogP contribution < -0.4 is 16.0 Å². The first kappa shape index (κ1) is 8.49. The minimum absolute atomic E-state index is 0.147. The van der Waals surface area contributed by atoms with E-state index in [1.165, 1.54) is 0 Å². The predicted molar refractivity (Wildman–Crippen MR) is 61.7 cm³/mol. The first-order valence-corrected chi connectivity index (χ1v) is 4.90. The van der Waals surface area contributed by atoms with Crippen LogP contribution in [0.2, 0.25) is 0 Å². The molecule has 1 aromatic carbocycles. The zero-order chi connectivity index (χ0) is 10.4. The van der Waals surface area contributed by atoms with E-state index < -0.39 is 0 Å². The lowest BCUT2D eigenvalue weighted by molar-refractivity contribution is 0.771. The Bertz CT molecular complexity index is 523. The summed E-state index contributed by atoms with van der Waals surface area (Å²) >= 11 is 0. The van der Waals surface area contributed by atoms with Crippen molar-refractivity contribution in [2.24, 2.45) is 5.73 Å². The molecule has 1 aliphatic rings. The summed E-state index contributed by atoms with van der Waals surface area (Å²) in [5, 5.41) is 4.35. The second-order valence-corrected chi connectivity index (χ2v) is 3.73. The van der Waals surface area contributed by atoms with Gasteiger partial charge in [-0.15, -0.1) is 0 Å². The lowest BCUT2D eigenvalue weighted by Crippen LogP contribution is -2.40. The maximum absolute atomic E-state index is 5.91. The molecule has 1 aliphatic heterocycles. The van der Waals surface area contributed by atoms with E-state index in [0.717, 1.165) is 22.3 Å². The summed E-state index contributed by atoms with van der Waals surface area (Å²) in [6.45, 7) is 0. The molecule has 0 aliphatic carbocycles. The summed E-state index contributed by atoms with van der Waals surface area (Å²) < 4.78 is 0. The molecule has 0 bridgehead atoms. The van der Waals surface area contributed by atoms with E-state index in [9.17, 15) is 0 Å². The van der Waals surface area contributed by atoms with Crippen molar-refractivity contribution in [2.75, 3.05) is 17.3 Å². The molecule has 0 fully saturated rings. The molecule has 0 saturated carbocycles. The Labute approximate surface area is 87.7 Å². The normalized spacial score (nSPS) is 19.1. The van der Waals surface area contributed by atoms with Gasteiger partial charge >= 0.3 is 0 Å².